The number of hydrogen-bond acceptors (Lipinski definition) is 4. The molecule has 1 unspecified atom stereocenters. The van der Waals surface area contributed by atoms with Gasteiger partial charge in [0, 0.05) is 10.5 Å². The van der Waals surface area contributed by atoms with Gasteiger partial charge >= 0.3 is 5.97 Å². The van der Waals surface area contributed by atoms with Crippen LogP contribution >= 0.6 is 15.9 Å². The summed E-state index contributed by atoms with van der Waals surface area (Å²) in [5.41, 5.74) is 6.35. The van der Waals surface area contributed by atoms with E-state index in [1.165, 1.54) is 6.07 Å². The van der Waals surface area contributed by atoms with Gasteiger partial charge in [0.25, 0.3) is 0 Å². The number of carboxylic acid groups (broad SMARTS) is 1. The summed E-state index contributed by atoms with van der Waals surface area (Å²) in [5.74, 6) is -0.988. The molecule has 1 aromatic rings. The van der Waals surface area contributed by atoms with Crippen LogP contribution < -0.4 is 5.73 Å². The Hall–Kier alpha value is -0.920. The van der Waals surface area contributed by atoms with Gasteiger partial charge in [0.05, 0.1) is 16.6 Å². The van der Waals surface area contributed by atoms with Crippen molar-refractivity contribution in [2.45, 2.75) is 35.4 Å². The minimum atomic E-state index is -3.27. The highest BCUT2D eigenvalue weighted by molar-refractivity contribution is 9.10. The molecule has 104 valence electrons. The van der Waals surface area contributed by atoms with Crippen LogP contribution in [0.5, 0.6) is 0 Å². The Labute approximate surface area is 119 Å². The summed E-state index contributed by atoms with van der Waals surface area (Å²) in [7, 11) is -3.27. The smallest absolute Gasteiger partial charge is 0.305 e. The number of aliphatic carboxylic acids is 1. The summed E-state index contributed by atoms with van der Waals surface area (Å²) in [6.45, 7) is 0. The quantitative estimate of drug-likeness (QED) is 0.847. The maximum absolute atomic E-state index is 12.1. The highest BCUT2D eigenvalue weighted by Gasteiger charge is 2.37. The molecule has 0 saturated heterocycles. The van der Waals surface area contributed by atoms with E-state index in [1.807, 2.05) is 0 Å². The molecule has 0 heterocycles. The minimum absolute atomic E-state index is 0.193. The van der Waals surface area contributed by atoms with Crippen LogP contribution in [0.4, 0.5) is 0 Å². The first-order valence-electron chi connectivity index (χ1n) is 5.83. The molecule has 2 rings (SSSR count). The number of halogens is 1. The molecule has 1 aromatic carbocycles. The van der Waals surface area contributed by atoms with Crippen LogP contribution in [0.3, 0.4) is 0 Å². The standard InChI is InChI=1S/C12H14BrNO4S/c13-9-5-7(10(14)6-12(15)16)1-4-11(9)19(17,18)8-2-3-8/h1,4-5,8,10H,2-3,6,14H2,(H,15,16). The van der Waals surface area contributed by atoms with E-state index in [2.05, 4.69) is 15.9 Å². The van der Waals surface area contributed by atoms with Crippen molar-refractivity contribution in [1.82, 2.24) is 0 Å². The molecule has 1 aliphatic rings. The second-order valence-electron chi connectivity index (χ2n) is 4.64. The zero-order valence-corrected chi connectivity index (χ0v) is 12.4. The Morgan fingerprint density at radius 2 is 2.11 bits per heavy atom. The van der Waals surface area contributed by atoms with Crippen LogP contribution in [0.25, 0.3) is 0 Å². The van der Waals surface area contributed by atoms with Crippen molar-refractivity contribution >= 4 is 31.7 Å². The van der Waals surface area contributed by atoms with Crippen molar-refractivity contribution in [3.05, 3.63) is 28.2 Å². The third-order valence-electron chi connectivity index (χ3n) is 3.05. The predicted molar refractivity (Wildman–Crippen MR) is 73.5 cm³/mol. The number of nitrogens with two attached hydrogens (primary N) is 1. The lowest BCUT2D eigenvalue weighted by Crippen LogP contribution is -2.15. The van der Waals surface area contributed by atoms with Crippen LogP contribution in [0.15, 0.2) is 27.6 Å². The average molecular weight is 348 g/mol. The van der Waals surface area contributed by atoms with Gasteiger partial charge in [-0.25, -0.2) is 8.42 Å². The number of benzene rings is 1. The summed E-state index contributed by atoms with van der Waals surface area (Å²) >= 11 is 3.23. The first kappa shape index (κ1) is 14.5. The Kier molecular flexibility index (Phi) is 3.98. The Morgan fingerprint density at radius 3 is 2.58 bits per heavy atom. The molecule has 1 atom stereocenters. The highest BCUT2D eigenvalue weighted by atomic mass is 79.9. The predicted octanol–water partition coefficient (Wildman–Crippen LogP) is 1.86. The van der Waals surface area contributed by atoms with Gasteiger partial charge < -0.3 is 10.8 Å². The van der Waals surface area contributed by atoms with Crippen molar-refractivity contribution in [2.75, 3.05) is 0 Å². The monoisotopic (exact) mass is 347 g/mol. The van der Waals surface area contributed by atoms with Gasteiger partial charge in [-0.05, 0) is 46.5 Å². The third-order valence-corrected chi connectivity index (χ3v) is 6.29. The zero-order chi connectivity index (χ0) is 14.2. The van der Waals surface area contributed by atoms with E-state index < -0.39 is 21.8 Å². The fourth-order valence-electron chi connectivity index (χ4n) is 1.84. The number of carboxylic acids is 1. The van der Waals surface area contributed by atoms with Crippen molar-refractivity contribution in [1.29, 1.82) is 0 Å². The van der Waals surface area contributed by atoms with Crippen molar-refractivity contribution < 1.29 is 18.3 Å². The maximum atomic E-state index is 12.1. The summed E-state index contributed by atoms with van der Waals surface area (Å²) in [5, 5.41) is 8.42. The SMILES string of the molecule is NC(CC(=O)O)c1ccc(S(=O)(=O)C2CC2)c(Br)c1. The lowest BCUT2D eigenvalue weighted by atomic mass is 10.1. The number of rotatable bonds is 5. The summed E-state index contributed by atoms with van der Waals surface area (Å²) in [6, 6.07) is 4.01. The first-order valence-corrected chi connectivity index (χ1v) is 8.17. The molecule has 0 aliphatic heterocycles. The minimum Gasteiger partial charge on any atom is -0.481 e. The molecule has 0 aromatic heterocycles. The fourth-order valence-corrected chi connectivity index (χ4v) is 4.62. The van der Waals surface area contributed by atoms with E-state index in [4.69, 9.17) is 10.8 Å². The van der Waals surface area contributed by atoms with E-state index in [0.29, 0.717) is 22.9 Å². The number of carbonyl (C=O) groups is 1. The molecular formula is C12H14BrNO4S. The van der Waals surface area contributed by atoms with Gasteiger partial charge in [-0.1, -0.05) is 6.07 Å². The molecule has 19 heavy (non-hydrogen) atoms. The van der Waals surface area contributed by atoms with Crippen LogP contribution in [-0.2, 0) is 14.6 Å². The van der Waals surface area contributed by atoms with E-state index >= 15 is 0 Å². The van der Waals surface area contributed by atoms with Crippen molar-refractivity contribution in [3.8, 4) is 0 Å². The Balaban J connectivity index is 2.29. The molecule has 0 radical (unpaired) electrons. The van der Waals surface area contributed by atoms with Gasteiger partial charge in [-0.3, -0.25) is 4.79 Å². The highest BCUT2D eigenvalue weighted by Crippen LogP contribution is 2.37. The second-order valence-corrected chi connectivity index (χ2v) is 7.69. The van der Waals surface area contributed by atoms with Gasteiger partial charge in [0.15, 0.2) is 9.84 Å². The molecule has 3 N–H and O–H groups in total. The molecule has 1 fully saturated rings. The van der Waals surface area contributed by atoms with Gasteiger partial charge in [-0.15, -0.1) is 0 Å². The average Bonchev–Trinajstić information content (AvgIpc) is 3.11. The third kappa shape index (κ3) is 3.16. The lowest BCUT2D eigenvalue weighted by molar-refractivity contribution is -0.137. The van der Waals surface area contributed by atoms with Gasteiger partial charge in [0.2, 0.25) is 0 Å². The van der Waals surface area contributed by atoms with Crippen molar-refractivity contribution in [2.24, 2.45) is 5.73 Å². The normalized spacial score (nSPS) is 17.2. The second kappa shape index (κ2) is 5.22. The summed E-state index contributed by atoms with van der Waals surface area (Å²) in [4.78, 5) is 10.9. The van der Waals surface area contributed by atoms with Gasteiger partial charge in [0.1, 0.15) is 0 Å². The number of hydrogen-bond donors (Lipinski definition) is 2. The van der Waals surface area contributed by atoms with Crippen LogP contribution in [0, 0.1) is 0 Å². The van der Waals surface area contributed by atoms with E-state index in [9.17, 15) is 13.2 Å². The van der Waals surface area contributed by atoms with Crippen LogP contribution in [0.2, 0.25) is 0 Å². The topological polar surface area (TPSA) is 97.5 Å². The first-order chi connectivity index (χ1) is 8.82. The lowest BCUT2D eigenvalue weighted by Gasteiger charge is -2.12. The molecule has 0 bridgehead atoms. The Morgan fingerprint density at radius 1 is 1.47 bits per heavy atom. The molecule has 1 aliphatic carbocycles. The maximum Gasteiger partial charge on any atom is 0.305 e. The molecular weight excluding hydrogens is 334 g/mol. The van der Waals surface area contributed by atoms with Crippen molar-refractivity contribution in [3.63, 3.8) is 0 Å². The van der Waals surface area contributed by atoms with Crippen LogP contribution in [0.1, 0.15) is 30.9 Å². The molecule has 5 nitrogen and oxygen atoms in total. The summed E-state index contributed by atoms with van der Waals surface area (Å²) in [6.07, 6.45) is 1.21. The van der Waals surface area contributed by atoms with E-state index in [0.717, 1.165) is 0 Å². The zero-order valence-electron chi connectivity index (χ0n) is 10.0. The molecule has 0 spiro atoms. The Bertz CT molecular complexity index is 610. The van der Waals surface area contributed by atoms with E-state index in [-0.39, 0.29) is 16.6 Å². The van der Waals surface area contributed by atoms with E-state index in [1.54, 1.807) is 12.1 Å². The number of sulfone groups is 1. The largest absolute Gasteiger partial charge is 0.481 e. The van der Waals surface area contributed by atoms with Crippen LogP contribution in [-0.4, -0.2) is 24.7 Å². The van der Waals surface area contributed by atoms with Gasteiger partial charge in [-0.2, -0.15) is 0 Å². The molecule has 0 amide bonds. The summed E-state index contributed by atoms with van der Waals surface area (Å²) < 4.78 is 24.7. The fraction of sp³-hybridized carbons (Fsp3) is 0.417. The molecule has 7 heteroatoms. The molecule has 1 saturated carbocycles.